The van der Waals surface area contributed by atoms with Gasteiger partial charge < -0.3 is 20.1 Å². The van der Waals surface area contributed by atoms with Crippen molar-refractivity contribution in [3.05, 3.63) is 119 Å². The van der Waals surface area contributed by atoms with Gasteiger partial charge in [0.25, 0.3) is 0 Å². The van der Waals surface area contributed by atoms with Crippen LogP contribution in [0.5, 0.6) is 11.5 Å². The van der Waals surface area contributed by atoms with Gasteiger partial charge >= 0.3 is 0 Å². The van der Waals surface area contributed by atoms with Crippen LogP contribution in [0.1, 0.15) is 34.7 Å². The van der Waals surface area contributed by atoms with E-state index in [0.29, 0.717) is 49.9 Å². The Labute approximate surface area is 230 Å². The van der Waals surface area contributed by atoms with Gasteiger partial charge in [-0.15, -0.1) is 0 Å². The maximum atomic E-state index is 11.1. The SMILES string of the molecule is CC(=O)NCCNCc1ccc(OCc2cccc(-c3ccccc3)c2C)cc1OCc1cccc(C#N)c1. The number of rotatable bonds is 12. The lowest BCUT2D eigenvalue weighted by atomic mass is 9.97. The molecule has 0 aliphatic rings. The third kappa shape index (κ3) is 7.94. The molecule has 0 heterocycles. The minimum Gasteiger partial charge on any atom is -0.489 e. The molecule has 0 atom stereocenters. The molecular formula is C33H33N3O3. The summed E-state index contributed by atoms with van der Waals surface area (Å²) in [4.78, 5) is 11.1. The Hall–Kier alpha value is -4.60. The largest absolute Gasteiger partial charge is 0.489 e. The topological polar surface area (TPSA) is 83.4 Å². The lowest BCUT2D eigenvalue weighted by Crippen LogP contribution is -2.30. The van der Waals surface area contributed by atoms with Crippen LogP contribution >= 0.6 is 0 Å². The van der Waals surface area contributed by atoms with Crippen molar-refractivity contribution in [3.8, 4) is 28.7 Å². The number of benzene rings is 4. The molecule has 0 aromatic heterocycles. The highest BCUT2D eigenvalue weighted by molar-refractivity contribution is 5.72. The summed E-state index contributed by atoms with van der Waals surface area (Å²) < 4.78 is 12.4. The number of carbonyl (C=O) groups excluding carboxylic acids is 1. The lowest BCUT2D eigenvalue weighted by molar-refractivity contribution is -0.118. The zero-order valence-corrected chi connectivity index (χ0v) is 22.4. The number of nitriles is 1. The molecule has 0 saturated heterocycles. The summed E-state index contributed by atoms with van der Waals surface area (Å²) in [5, 5.41) is 15.3. The van der Waals surface area contributed by atoms with Crippen LogP contribution < -0.4 is 20.1 Å². The summed E-state index contributed by atoms with van der Waals surface area (Å²) in [6.07, 6.45) is 0. The number of carbonyl (C=O) groups is 1. The van der Waals surface area contributed by atoms with Gasteiger partial charge in [-0.1, -0.05) is 66.7 Å². The molecular weight excluding hydrogens is 486 g/mol. The Morgan fingerprint density at radius 2 is 1.67 bits per heavy atom. The summed E-state index contributed by atoms with van der Waals surface area (Å²) in [6.45, 7) is 6.16. The van der Waals surface area contributed by atoms with Gasteiger partial charge in [0.2, 0.25) is 5.91 Å². The minimum absolute atomic E-state index is 0.0496. The van der Waals surface area contributed by atoms with E-state index in [2.05, 4.69) is 54.0 Å². The Morgan fingerprint density at radius 3 is 2.46 bits per heavy atom. The van der Waals surface area contributed by atoms with E-state index in [1.807, 2.05) is 54.6 Å². The average molecular weight is 520 g/mol. The zero-order chi connectivity index (χ0) is 27.5. The number of nitrogens with one attached hydrogen (secondary N) is 2. The third-order valence-corrected chi connectivity index (χ3v) is 6.41. The molecule has 2 N–H and O–H groups in total. The highest BCUT2D eigenvalue weighted by atomic mass is 16.5. The Morgan fingerprint density at radius 1 is 0.846 bits per heavy atom. The van der Waals surface area contributed by atoms with Gasteiger partial charge in [0.05, 0.1) is 11.6 Å². The summed E-state index contributed by atoms with van der Waals surface area (Å²) in [6, 6.07) is 32.1. The number of nitrogens with zero attached hydrogens (tertiary/aromatic N) is 1. The number of hydrogen-bond donors (Lipinski definition) is 2. The van der Waals surface area contributed by atoms with Gasteiger partial charge in [-0.2, -0.15) is 5.26 Å². The van der Waals surface area contributed by atoms with E-state index in [-0.39, 0.29) is 5.91 Å². The molecule has 4 rings (SSSR count). The first-order chi connectivity index (χ1) is 19.0. The van der Waals surface area contributed by atoms with Crippen LogP contribution in [-0.2, 0) is 24.6 Å². The molecule has 6 nitrogen and oxygen atoms in total. The minimum atomic E-state index is -0.0496. The van der Waals surface area contributed by atoms with Crippen molar-refractivity contribution in [1.82, 2.24) is 10.6 Å². The first kappa shape index (κ1) is 27.4. The maximum absolute atomic E-state index is 11.1. The zero-order valence-electron chi connectivity index (χ0n) is 22.4. The van der Waals surface area contributed by atoms with Crippen LogP contribution in [0, 0.1) is 18.3 Å². The standard InChI is InChI=1S/C33H33N3O3/c1-24-30(12-7-13-32(24)28-10-4-3-5-11-28)23-38-31-15-14-29(21-35-16-17-36-25(2)37)33(19-31)39-22-27-9-6-8-26(18-27)20-34/h3-15,18-19,35H,16-17,21-23H2,1-2H3,(H,36,37). The normalized spacial score (nSPS) is 10.5. The molecule has 0 unspecified atom stereocenters. The molecule has 39 heavy (non-hydrogen) atoms. The second kappa shape index (κ2) is 13.8. The Kier molecular flexibility index (Phi) is 9.71. The molecule has 1 amide bonds. The maximum Gasteiger partial charge on any atom is 0.216 e. The predicted molar refractivity (Wildman–Crippen MR) is 153 cm³/mol. The van der Waals surface area contributed by atoms with Gasteiger partial charge in [-0.25, -0.2) is 0 Å². The van der Waals surface area contributed by atoms with E-state index >= 15 is 0 Å². The summed E-state index contributed by atoms with van der Waals surface area (Å²) >= 11 is 0. The van der Waals surface area contributed by atoms with Crippen LogP contribution in [-0.4, -0.2) is 19.0 Å². The highest BCUT2D eigenvalue weighted by Crippen LogP contribution is 2.29. The molecule has 0 fully saturated rings. The van der Waals surface area contributed by atoms with Crippen molar-refractivity contribution in [2.75, 3.05) is 13.1 Å². The number of hydrogen-bond acceptors (Lipinski definition) is 5. The van der Waals surface area contributed by atoms with E-state index < -0.39 is 0 Å². The quantitative estimate of drug-likeness (QED) is 0.227. The lowest BCUT2D eigenvalue weighted by Gasteiger charge is -2.16. The smallest absolute Gasteiger partial charge is 0.216 e. The van der Waals surface area contributed by atoms with Crippen LogP contribution in [0.15, 0.2) is 91.0 Å². The molecule has 0 aliphatic heterocycles. The van der Waals surface area contributed by atoms with E-state index in [9.17, 15) is 10.1 Å². The Bertz CT molecular complexity index is 1440. The van der Waals surface area contributed by atoms with E-state index in [1.165, 1.54) is 23.6 Å². The number of amides is 1. The van der Waals surface area contributed by atoms with Gasteiger partial charge in [-0.05, 0) is 52.9 Å². The van der Waals surface area contributed by atoms with Crippen molar-refractivity contribution >= 4 is 5.91 Å². The highest BCUT2D eigenvalue weighted by Gasteiger charge is 2.10. The van der Waals surface area contributed by atoms with Crippen molar-refractivity contribution in [2.45, 2.75) is 33.6 Å². The van der Waals surface area contributed by atoms with Crippen molar-refractivity contribution < 1.29 is 14.3 Å². The van der Waals surface area contributed by atoms with Gasteiger partial charge in [-0.3, -0.25) is 4.79 Å². The molecule has 4 aromatic rings. The van der Waals surface area contributed by atoms with Crippen molar-refractivity contribution in [2.24, 2.45) is 0 Å². The van der Waals surface area contributed by atoms with E-state index in [4.69, 9.17) is 9.47 Å². The molecule has 0 spiro atoms. The molecule has 0 radical (unpaired) electrons. The van der Waals surface area contributed by atoms with Crippen LogP contribution in [0.3, 0.4) is 0 Å². The van der Waals surface area contributed by atoms with Crippen LogP contribution in [0.4, 0.5) is 0 Å². The fourth-order valence-corrected chi connectivity index (χ4v) is 4.28. The fraction of sp³-hybridized carbons (Fsp3) is 0.212. The predicted octanol–water partition coefficient (Wildman–Crippen LogP) is 5.92. The number of ether oxygens (including phenoxy) is 2. The van der Waals surface area contributed by atoms with Crippen molar-refractivity contribution in [1.29, 1.82) is 5.26 Å². The van der Waals surface area contributed by atoms with Crippen molar-refractivity contribution in [3.63, 3.8) is 0 Å². The average Bonchev–Trinajstić information content (AvgIpc) is 2.96. The van der Waals surface area contributed by atoms with E-state index in [0.717, 1.165) is 16.7 Å². The summed E-state index contributed by atoms with van der Waals surface area (Å²) in [7, 11) is 0. The van der Waals surface area contributed by atoms with Gasteiger partial charge in [0.1, 0.15) is 24.7 Å². The monoisotopic (exact) mass is 519 g/mol. The first-order valence-electron chi connectivity index (χ1n) is 13.0. The van der Waals surface area contributed by atoms with Gasteiger partial charge in [0, 0.05) is 38.2 Å². The molecule has 4 aromatic carbocycles. The Balaban J connectivity index is 1.48. The molecule has 198 valence electrons. The first-order valence-corrected chi connectivity index (χ1v) is 13.0. The van der Waals surface area contributed by atoms with E-state index in [1.54, 1.807) is 6.07 Å². The summed E-state index contributed by atoms with van der Waals surface area (Å²) in [5.74, 6) is 1.37. The third-order valence-electron chi connectivity index (χ3n) is 6.41. The van der Waals surface area contributed by atoms with Gasteiger partial charge in [0.15, 0.2) is 0 Å². The molecule has 0 aliphatic carbocycles. The molecule has 6 heteroatoms. The second-order valence-corrected chi connectivity index (χ2v) is 9.27. The molecule has 0 saturated carbocycles. The fourth-order valence-electron chi connectivity index (χ4n) is 4.28. The second-order valence-electron chi connectivity index (χ2n) is 9.27. The summed E-state index contributed by atoms with van der Waals surface area (Å²) in [5.41, 5.74) is 7.18. The van der Waals surface area contributed by atoms with Crippen LogP contribution in [0.25, 0.3) is 11.1 Å². The molecule has 0 bridgehead atoms. The van der Waals surface area contributed by atoms with Crippen LogP contribution in [0.2, 0.25) is 0 Å².